The van der Waals surface area contributed by atoms with Crippen LogP contribution < -0.4 is 10.5 Å². The Hall–Kier alpha value is -1.49. The maximum Gasteiger partial charge on any atom is 0.126 e. The Kier molecular flexibility index (Phi) is 2.64. The number of nitrogen functional groups attached to an aromatic ring is 1. The lowest BCUT2D eigenvalue weighted by Crippen LogP contribution is -1.91. The first-order chi connectivity index (χ1) is 7.22. The molecule has 2 rings (SSSR count). The van der Waals surface area contributed by atoms with E-state index >= 15 is 0 Å². The highest BCUT2D eigenvalue weighted by atomic mass is 79.9. The number of aromatic nitrogens is 2. The van der Waals surface area contributed by atoms with Gasteiger partial charge in [-0.25, -0.2) is 0 Å². The van der Waals surface area contributed by atoms with Gasteiger partial charge in [-0.15, -0.1) is 0 Å². The van der Waals surface area contributed by atoms with E-state index in [2.05, 4.69) is 26.1 Å². The van der Waals surface area contributed by atoms with Gasteiger partial charge in [-0.2, -0.15) is 5.10 Å². The molecule has 0 amide bonds. The molecule has 0 atom stereocenters. The lowest BCUT2D eigenvalue weighted by atomic mass is 10.1. The number of nitrogens with zero attached hydrogens (tertiary/aromatic N) is 1. The molecule has 0 aliphatic carbocycles. The van der Waals surface area contributed by atoms with E-state index in [0.717, 1.165) is 21.3 Å². The van der Waals surface area contributed by atoms with Crippen LogP contribution in [0.2, 0.25) is 0 Å². The molecule has 0 spiro atoms. The molecule has 0 bridgehead atoms. The number of benzene rings is 1. The third-order valence-corrected chi connectivity index (χ3v) is 2.61. The van der Waals surface area contributed by atoms with Gasteiger partial charge in [0.05, 0.1) is 13.3 Å². The predicted octanol–water partition coefficient (Wildman–Crippen LogP) is 2.43. The number of ether oxygens (including phenoxy) is 1. The summed E-state index contributed by atoms with van der Waals surface area (Å²) in [5.74, 6) is 1.30. The van der Waals surface area contributed by atoms with E-state index in [9.17, 15) is 0 Å². The summed E-state index contributed by atoms with van der Waals surface area (Å²) in [5, 5.41) is 6.58. The zero-order chi connectivity index (χ0) is 10.8. The maximum atomic E-state index is 5.76. The molecule has 0 aliphatic heterocycles. The van der Waals surface area contributed by atoms with Crippen LogP contribution >= 0.6 is 15.9 Å². The molecule has 1 aromatic carbocycles. The molecule has 0 unspecified atom stereocenters. The van der Waals surface area contributed by atoms with Gasteiger partial charge in [-0.1, -0.05) is 15.9 Å². The van der Waals surface area contributed by atoms with Gasteiger partial charge in [-0.05, 0) is 18.2 Å². The highest BCUT2D eigenvalue weighted by Crippen LogP contribution is 2.34. The van der Waals surface area contributed by atoms with Crippen molar-refractivity contribution in [1.29, 1.82) is 0 Å². The van der Waals surface area contributed by atoms with E-state index < -0.39 is 0 Å². The summed E-state index contributed by atoms with van der Waals surface area (Å²) >= 11 is 3.41. The van der Waals surface area contributed by atoms with Gasteiger partial charge in [0.15, 0.2) is 0 Å². The van der Waals surface area contributed by atoms with Crippen molar-refractivity contribution in [2.24, 2.45) is 0 Å². The molecule has 1 heterocycles. The molecule has 1 aromatic heterocycles. The van der Waals surface area contributed by atoms with Crippen molar-refractivity contribution in [3.05, 3.63) is 28.9 Å². The fraction of sp³-hybridized carbons (Fsp3) is 0.100. The fourth-order valence-electron chi connectivity index (χ4n) is 1.40. The van der Waals surface area contributed by atoms with Gasteiger partial charge in [0.25, 0.3) is 0 Å². The molecule has 5 heteroatoms. The van der Waals surface area contributed by atoms with Crippen LogP contribution in [-0.4, -0.2) is 17.3 Å². The van der Waals surface area contributed by atoms with E-state index in [0.29, 0.717) is 5.82 Å². The summed E-state index contributed by atoms with van der Waals surface area (Å²) in [4.78, 5) is 0. The number of hydrogen-bond donors (Lipinski definition) is 2. The Balaban J connectivity index is 2.60. The third-order valence-electron chi connectivity index (χ3n) is 2.12. The minimum atomic E-state index is 0.534. The second-order valence-corrected chi connectivity index (χ2v) is 3.96. The molecule has 78 valence electrons. The van der Waals surface area contributed by atoms with Gasteiger partial charge < -0.3 is 10.5 Å². The summed E-state index contributed by atoms with van der Waals surface area (Å²) in [6.45, 7) is 0. The summed E-state index contributed by atoms with van der Waals surface area (Å²) in [7, 11) is 1.63. The molecule has 0 aliphatic rings. The average Bonchev–Trinajstić information content (AvgIpc) is 2.64. The minimum Gasteiger partial charge on any atom is -0.496 e. The number of H-pyrrole nitrogens is 1. The number of rotatable bonds is 2. The summed E-state index contributed by atoms with van der Waals surface area (Å²) in [5.41, 5.74) is 7.51. The second kappa shape index (κ2) is 3.94. The van der Waals surface area contributed by atoms with Crippen molar-refractivity contribution in [1.82, 2.24) is 10.2 Å². The van der Waals surface area contributed by atoms with E-state index in [1.165, 1.54) is 0 Å². The van der Waals surface area contributed by atoms with Gasteiger partial charge in [0.2, 0.25) is 0 Å². The first-order valence-electron chi connectivity index (χ1n) is 4.35. The molecule has 15 heavy (non-hydrogen) atoms. The summed E-state index contributed by atoms with van der Waals surface area (Å²) in [6, 6.07) is 5.74. The van der Waals surface area contributed by atoms with Crippen molar-refractivity contribution >= 4 is 21.7 Å². The monoisotopic (exact) mass is 267 g/mol. The minimum absolute atomic E-state index is 0.534. The Morgan fingerprint density at radius 1 is 1.40 bits per heavy atom. The SMILES string of the molecule is COc1ccc(Br)cc1-c1cn[nH]c1N. The number of anilines is 1. The van der Waals surface area contributed by atoms with Crippen LogP contribution in [-0.2, 0) is 0 Å². The fourth-order valence-corrected chi connectivity index (χ4v) is 1.76. The summed E-state index contributed by atoms with van der Waals surface area (Å²) in [6.07, 6.45) is 1.68. The van der Waals surface area contributed by atoms with Gasteiger partial charge in [0.1, 0.15) is 11.6 Å². The topological polar surface area (TPSA) is 63.9 Å². The van der Waals surface area contributed by atoms with Gasteiger partial charge in [-0.3, -0.25) is 5.10 Å². The Morgan fingerprint density at radius 3 is 2.80 bits per heavy atom. The van der Waals surface area contributed by atoms with E-state index in [1.54, 1.807) is 13.3 Å². The normalized spacial score (nSPS) is 10.3. The van der Waals surface area contributed by atoms with Crippen molar-refractivity contribution < 1.29 is 4.74 Å². The quantitative estimate of drug-likeness (QED) is 0.879. The van der Waals surface area contributed by atoms with Crippen molar-refractivity contribution in [3.8, 4) is 16.9 Å². The third kappa shape index (κ3) is 1.83. The first-order valence-corrected chi connectivity index (χ1v) is 5.14. The van der Waals surface area contributed by atoms with Crippen LogP contribution in [0, 0.1) is 0 Å². The van der Waals surface area contributed by atoms with Gasteiger partial charge >= 0.3 is 0 Å². The standard InChI is InChI=1S/C10H10BrN3O/c1-15-9-3-2-6(11)4-7(9)8-5-13-14-10(8)12/h2-5H,1H3,(H3,12,13,14). The Labute approximate surface area is 95.6 Å². The number of hydrogen-bond acceptors (Lipinski definition) is 3. The Morgan fingerprint density at radius 2 is 2.20 bits per heavy atom. The molecule has 4 nitrogen and oxygen atoms in total. The number of methoxy groups -OCH3 is 1. The van der Waals surface area contributed by atoms with Crippen LogP contribution in [0.4, 0.5) is 5.82 Å². The number of aromatic amines is 1. The molecule has 0 saturated carbocycles. The van der Waals surface area contributed by atoms with Crippen LogP contribution in [0.15, 0.2) is 28.9 Å². The summed E-state index contributed by atoms with van der Waals surface area (Å²) < 4.78 is 6.23. The zero-order valence-corrected chi connectivity index (χ0v) is 9.71. The van der Waals surface area contributed by atoms with Crippen LogP contribution in [0.1, 0.15) is 0 Å². The lowest BCUT2D eigenvalue weighted by molar-refractivity contribution is 0.416. The van der Waals surface area contributed by atoms with E-state index in [1.807, 2.05) is 18.2 Å². The predicted molar refractivity (Wildman–Crippen MR) is 62.7 cm³/mol. The molecule has 0 fully saturated rings. The van der Waals surface area contributed by atoms with E-state index in [-0.39, 0.29) is 0 Å². The van der Waals surface area contributed by atoms with Crippen LogP contribution in [0.5, 0.6) is 5.75 Å². The average molecular weight is 268 g/mol. The molecule has 0 radical (unpaired) electrons. The zero-order valence-electron chi connectivity index (χ0n) is 8.12. The molecular weight excluding hydrogens is 258 g/mol. The van der Waals surface area contributed by atoms with Crippen molar-refractivity contribution in [2.45, 2.75) is 0 Å². The first kappa shape index (κ1) is 10.0. The highest BCUT2D eigenvalue weighted by Gasteiger charge is 2.10. The van der Waals surface area contributed by atoms with Crippen LogP contribution in [0.25, 0.3) is 11.1 Å². The van der Waals surface area contributed by atoms with Crippen LogP contribution in [0.3, 0.4) is 0 Å². The van der Waals surface area contributed by atoms with Crippen molar-refractivity contribution in [2.75, 3.05) is 12.8 Å². The lowest BCUT2D eigenvalue weighted by Gasteiger charge is -2.07. The molecule has 2 aromatic rings. The van der Waals surface area contributed by atoms with Crippen molar-refractivity contribution in [3.63, 3.8) is 0 Å². The second-order valence-electron chi connectivity index (χ2n) is 3.04. The molecule has 0 saturated heterocycles. The number of nitrogens with one attached hydrogen (secondary N) is 1. The number of halogens is 1. The maximum absolute atomic E-state index is 5.76. The van der Waals surface area contributed by atoms with Gasteiger partial charge in [0, 0.05) is 15.6 Å². The highest BCUT2D eigenvalue weighted by molar-refractivity contribution is 9.10. The largest absolute Gasteiger partial charge is 0.496 e. The number of nitrogens with two attached hydrogens (primary N) is 1. The molecular formula is C10H10BrN3O. The Bertz CT molecular complexity index is 481. The molecule has 3 N–H and O–H groups in total. The van der Waals surface area contributed by atoms with E-state index in [4.69, 9.17) is 10.5 Å². The smallest absolute Gasteiger partial charge is 0.126 e.